The van der Waals surface area contributed by atoms with E-state index in [1.165, 1.54) is 27.7 Å². The van der Waals surface area contributed by atoms with E-state index in [9.17, 15) is 14.0 Å². The van der Waals surface area contributed by atoms with Crippen LogP contribution in [0.3, 0.4) is 0 Å². The van der Waals surface area contributed by atoms with E-state index in [2.05, 4.69) is 44.8 Å². The minimum Gasteiger partial charge on any atom is -0.369 e. The molecule has 0 unspecified atom stereocenters. The summed E-state index contributed by atoms with van der Waals surface area (Å²) in [7, 11) is 0. The van der Waals surface area contributed by atoms with Gasteiger partial charge in [-0.05, 0) is 30.4 Å². The molecule has 3 N–H and O–H groups in total. The molecule has 0 saturated carbocycles. The number of hydrogen-bond donors (Lipinski definition) is 3. The van der Waals surface area contributed by atoms with Gasteiger partial charge in [0.05, 0.1) is 5.69 Å². The maximum absolute atomic E-state index is 13.4. The number of para-hydroxylation sites is 1. The first-order chi connectivity index (χ1) is 18.4. The van der Waals surface area contributed by atoms with E-state index in [1.807, 2.05) is 19.9 Å². The first-order valence-corrected chi connectivity index (χ1v) is 13.3. The number of nitrogens with two attached hydrogens (primary N) is 1. The van der Waals surface area contributed by atoms with Gasteiger partial charge in [0.15, 0.2) is 17.1 Å². The van der Waals surface area contributed by atoms with Gasteiger partial charge in [-0.1, -0.05) is 39.0 Å². The van der Waals surface area contributed by atoms with Crippen molar-refractivity contribution < 1.29 is 9.18 Å². The average Bonchev–Trinajstić information content (AvgIpc) is 3.31. The molecule has 1 aromatic carbocycles. The second kappa shape index (κ2) is 13.0. The van der Waals surface area contributed by atoms with E-state index in [-0.39, 0.29) is 17.2 Å². The lowest BCUT2D eigenvalue weighted by Crippen LogP contribution is -2.46. The Kier molecular flexibility index (Phi) is 9.83. The molecule has 10 nitrogen and oxygen atoms in total. The van der Waals surface area contributed by atoms with Crippen molar-refractivity contribution in [1.29, 1.82) is 0 Å². The molecule has 2 aliphatic rings. The molecule has 0 radical (unpaired) electrons. The molecule has 0 aliphatic carbocycles. The Morgan fingerprint density at radius 2 is 1.76 bits per heavy atom. The first kappa shape index (κ1) is 28.6. The van der Waals surface area contributed by atoms with Crippen molar-refractivity contribution in [3.8, 4) is 5.69 Å². The number of carbonyl (C=O) groups excluding carboxylic acids is 1. The Hall–Kier alpha value is -3.93. The summed E-state index contributed by atoms with van der Waals surface area (Å²) in [4.78, 5) is 34.4. The Morgan fingerprint density at radius 1 is 1.08 bits per heavy atom. The van der Waals surface area contributed by atoms with E-state index >= 15 is 0 Å². The van der Waals surface area contributed by atoms with Crippen molar-refractivity contribution in [3.05, 3.63) is 70.7 Å². The minimum absolute atomic E-state index is 0.0450. The predicted octanol–water partition coefficient (Wildman–Crippen LogP) is 3.71. The Morgan fingerprint density at radius 3 is 2.42 bits per heavy atom. The molecule has 202 valence electrons. The van der Waals surface area contributed by atoms with E-state index in [1.54, 1.807) is 30.5 Å². The number of halogens is 1. The van der Waals surface area contributed by atoms with Crippen LogP contribution in [0, 0.1) is 11.7 Å². The van der Waals surface area contributed by atoms with Crippen molar-refractivity contribution in [2.75, 3.05) is 41.8 Å². The van der Waals surface area contributed by atoms with Crippen molar-refractivity contribution in [2.24, 2.45) is 5.92 Å². The number of nitrogens with one attached hydrogen (secondary N) is 1. The monoisotopic (exact) mass is 540 g/mol. The number of fused-ring (bicyclic) bond motifs is 2. The summed E-state index contributed by atoms with van der Waals surface area (Å²) in [5.41, 5.74) is 6.48. The van der Waals surface area contributed by atoms with Crippen LogP contribution in [0.15, 0.2) is 53.7 Å². The van der Waals surface area contributed by atoms with E-state index in [4.69, 9.17) is 5.73 Å². The van der Waals surface area contributed by atoms with Gasteiger partial charge in [-0.2, -0.15) is 27.7 Å². The Bertz CT molecular complexity index is 1430. The average molecular weight is 541 g/mol. The summed E-state index contributed by atoms with van der Waals surface area (Å²) >= 11 is 3.53. The third-order valence-electron chi connectivity index (χ3n) is 5.76. The lowest BCUT2D eigenvalue weighted by Gasteiger charge is -2.39. The number of benzene rings is 1. The van der Waals surface area contributed by atoms with Crippen LogP contribution in [-0.4, -0.2) is 55.8 Å². The summed E-state index contributed by atoms with van der Waals surface area (Å²) in [6.45, 7) is 8.65. The Balaban J connectivity index is 0.000000187. The van der Waals surface area contributed by atoms with Crippen molar-refractivity contribution in [3.63, 3.8) is 0 Å². The van der Waals surface area contributed by atoms with Crippen LogP contribution < -0.4 is 21.5 Å². The van der Waals surface area contributed by atoms with Crippen LogP contribution >= 0.6 is 12.6 Å². The zero-order chi connectivity index (χ0) is 27.8. The SMILES string of the molecule is CC.CC1CN(c2nc(N)nc3c2C(=O)CCN3)C1.CS.O=c1c2c(F)ccn2ncn1-c1ccccc1. The number of nitrogen functional groups attached to an aromatic ring is 1. The highest BCUT2D eigenvalue weighted by molar-refractivity contribution is 7.79. The number of thiol groups is 1. The van der Waals surface area contributed by atoms with Crippen LogP contribution in [0.25, 0.3) is 11.2 Å². The largest absolute Gasteiger partial charge is 0.369 e. The topological polar surface area (TPSA) is 123 Å². The summed E-state index contributed by atoms with van der Waals surface area (Å²) in [6, 6.07) is 10.2. The number of Topliss-reactive ketones (excluding diaryl/α,β-unsaturated/α-hetero) is 1. The number of rotatable bonds is 2. The number of aromatic nitrogens is 5. The standard InChI is InChI=1S/C12H8FN3O.C11H15N5O.C2H6.CH4S/c13-10-6-7-16-11(10)12(17)15(8-14-16)9-4-2-1-3-5-9;1-6-4-16(5-6)10-8-7(17)2-3-13-9(8)14-11(12)15-10;2*1-2/h1-8H;6H,2-5H2,1H3,(H3,12,13,14,15);1-2H3;2H,1H3. The molecule has 2 aliphatic heterocycles. The molecule has 5 heterocycles. The molecule has 1 saturated heterocycles. The highest BCUT2D eigenvalue weighted by atomic mass is 32.1. The number of carbonyl (C=O) groups is 1. The van der Waals surface area contributed by atoms with Crippen LogP contribution in [-0.2, 0) is 0 Å². The van der Waals surface area contributed by atoms with Crippen molar-refractivity contribution in [2.45, 2.75) is 27.2 Å². The van der Waals surface area contributed by atoms with Gasteiger partial charge >= 0.3 is 0 Å². The minimum atomic E-state index is -0.562. The van der Waals surface area contributed by atoms with Crippen LogP contribution in [0.4, 0.5) is 22.0 Å². The Labute approximate surface area is 226 Å². The van der Waals surface area contributed by atoms with Gasteiger partial charge in [-0.25, -0.2) is 8.91 Å². The molecule has 4 aromatic rings. The second-order valence-corrected chi connectivity index (χ2v) is 8.34. The fraction of sp³-hybridized carbons (Fsp3) is 0.346. The number of anilines is 3. The molecule has 6 rings (SSSR count). The summed E-state index contributed by atoms with van der Waals surface area (Å²) < 4.78 is 16.0. The number of ketones is 1. The van der Waals surface area contributed by atoms with Gasteiger partial charge in [0.25, 0.3) is 5.56 Å². The first-order valence-electron chi connectivity index (χ1n) is 12.4. The maximum atomic E-state index is 13.4. The van der Waals surface area contributed by atoms with Crippen LogP contribution in [0.5, 0.6) is 0 Å². The molecule has 0 atom stereocenters. The number of hydrogen-bond acceptors (Lipinski definition) is 9. The zero-order valence-electron chi connectivity index (χ0n) is 21.9. The smallest absolute Gasteiger partial charge is 0.285 e. The van der Waals surface area contributed by atoms with Gasteiger partial charge < -0.3 is 16.0 Å². The highest BCUT2D eigenvalue weighted by Gasteiger charge is 2.31. The van der Waals surface area contributed by atoms with E-state index in [0.717, 1.165) is 13.1 Å². The molecular weight excluding hydrogens is 507 g/mol. The lowest BCUT2D eigenvalue weighted by molar-refractivity contribution is 0.0983. The summed E-state index contributed by atoms with van der Waals surface area (Å²) in [6.07, 6.45) is 4.99. The molecule has 38 heavy (non-hydrogen) atoms. The quantitative estimate of drug-likeness (QED) is 0.329. The van der Waals surface area contributed by atoms with Gasteiger partial charge in [0.1, 0.15) is 23.5 Å². The molecule has 12 heteroatoms. The van der Waals surface area contributed by atoms with Crippen LogP contribution in [0.2, 0.25) is 0 Å². The second-order valence-electron chi connectivity index (χ2n) is 8.34. The zero-order valence-corrected chi connectivity index (χ0v) is 22.8. The molecule has 1 fully saturated rings. The third kappa shape index (κ3) is 5.96. The molecule has 0 amide bonds. The van der Waals surface area contributed by atoms with Crippen molar-refractivity contribution >= 4 is 41.5 Å². The maximum Gasteiger partial charge on any atom is 0.285 e. The number of nitrogens with zero attached hydrogens (tertiary/aromatic N) is 6. The molecule has 0 spiro atoms. The highest BCUT2D eigenvalue weighted by Crippen LogP contribution is 2.32. The van der Waals surface area contributed by atoms with Gasteiger partial charge in [-0.15, -0.1) is 0 Å². The fourth-order valence-electron chi connectivity index (χ4n) is 4.11. The van der Waals surface area contributed by atoms with Crippen molar-refractivity contribution in [1.82, 2.24) is 24.1 Å². The molecule has 3 aromatic heterocycles. The predicted molar refractivity (Wildman–Crippen MR) is 152 cm³/mol. The van der Waals surface area contributed by atoms with Crippen LogP contribution in [0.1, 0.15) is 37.6 Å². The third-order valence-corrected chi connectivity index (χ3v) is 5.76. The fourth-order valence-corrected chi connectivity index (χ4v) is 4.11. The van der Waals surface area contributed by atoms with E-state index < -0.39 is 11.4 Å². The normalized spacial score (nSPS) is 13.9. The summed E-state index contributed by atoms with van der Waals surface area (Å²) in [5, 5.41) is 7.09. The molecular formula is C26H33FN8O2S. The summed E-state index contributed by atoms with van der Waals surface area (Å²) in [5.74, 6) is 1.70. The molecule has 0 bridgehead atoms. The van der Waals surface area contributed by atoms with Gasteiger partial charge in [0, 0.05) is 32.3 Å². The lowest BCUT2D eigenvalue weighted by atomic mass is 9.99. The van der Waals surface area contributed by atoms with E-state index in [0.29, 0.717) is 41.8 Å². The van der Waals surface area contributed by atoms with Gasteiger partial charge in [0.2, 0.25) is 5.95 Å². The van der Waals surface area contributed by atoms with Gasteiger partial charge in [-0.3, -0.25) is 14.2 Å².